The zero-order valence-electron chi connectivity index (χ0n) is 24.4. The first-order chi connectivity index (χ1) is 21.3. The molecule has 10 heteroatoms. The molecular formula is C34H33F3N4O3. The minimum Gasteiger partial charge on any atom is -0.508 e. The number of terminal acetylenes is 1. The minimum atomic E-state index is -0.639. The highest BCUT2D eigenvalue weighted by Gasteiger charge is 2.36. The third-order valence-electron chi connectivity index (χ3n) is 9.24. The van der Waals surface area contributed by atoms with Crippen LogP contribution in [0.2, 0.25) is 0 Å². The summed E-state index contributed by atoms with van der Waals surface area (Å²) in [6, 6.07) is 9.57. The summed E-state index contributed by atoms with van der Waals surface area (Å²) in [6.07, 6.45) is 10.6. The number of phenols is 1. The number of ether oxygens (including phenoxy) is 2. The molecule has 44 heavy (non-hydrogen) atoms. The third-order valence-corrected chi connectivity index (χ3v) is 9.24. The molecule has 0 spiro atoms. The van der Waals surface area contributed by atoms with Crippen LogP contribution in [0, 0.1) is 24.0 Å². The topological polar surface area (TPSA) is 71.0 Å². The lowest BCUT2D eigenvalue weighted by atomic mass is 9.93. The lowest BCUT2D eigenvalue weighted by Gasteiger charge is -2.33. The van der Waals surface area contributed by atoms with Gasteiger partial charge in [0.25, 0.3) is 0 Å². The molecule has 0 radical (unpaired) electrons. The molecule has 4 unspecified atom stereocenters. The van der Waals surface area contributed by atoms with Crippen LogP contribution in [0.1, 0.15) is 37.7 Å². The molecule has 1 aromatic heterocycles. The predicted molar refractivity (Wildman–Crippen MR) is 163 cm³/mol. The van der Waals surface area contributed by atoms with Crippen molar-refractivity contribution in [1.29, 1.82) is 0 Å². The Labute approximate surface area is 253 Å². The zero-order valence-corrected chi connectivity index (χ0v) is 24.4. The van der Waals surface area contributed by atoms with E-state index in [2.05, 4.69) is 25.7 Å². The van der Waals surface area contributed by atoms with Crippen LogP contribution in [0.3, 0.4) is 0 Å². The molecule has 4 aliphatic heterocycles. The van der Waals surface area contributed by atoms with Crippen molar-refractivity contribution in [2.24, 2.45) is 0 Å². The van der Waals surface area contributed by atoms with Crippen LogP contribution in [0.4, 0.5) is 19.0 Å². The fraction of sp³-hybridized carbons (Fsp3) is 0.412. The maximum atomic E-state index is 16.2. The van der Waals surface area contributed by atoms with E-state index in [-0.39, 0.29) is 46.2 Å². The number of anilines is 1. The molecule has 4 aromatic rings. The summed E-state index contributed by atoms with van der Waals surface area (Å²) in [4.78, 5) is 13.2. The second-order valence-corrected chi connectivity index (χ2v) is 12.0. The van der Waals surface area contributed by atoms with Crippen LogP contribution in [-0.2, 0) is 4.74 Å². The standard InChI is InChI=1S/C27H21F2N3O3.C7H12FN/c1-3-18-22(28)9-4-14-10-15(33)11-21(23(14)18)19-7-8-20-25(24(19)29)30-27(34-2)31-26(20)32-12-16-5-6-17(13-32)35-16;8-6-4-7-2-1-3-9(7)5-6/h1,4,7-11,16-17,33H,5-6,12-13H2,2H3;6-7H,1-5H2. The van der Waals surface area contributed by atoms with Crippen molar-refractivity contribution in [3.8, 4) is 35.2 Å². The Kier molecular flexibility index (Phi) is 7.47. The summed E-state index contributed by atoms with van der Waals surface area (Å²) in [6.45, 7) is 3.16. The summed E-state index contributed by atoms with van der Waals surface area (Å²) in [7, 11) is 1.43. The van der Waals surface area contributed by atoms with E-state index in [9.17, 15) is 13.9 Å². The number of morpholine rings is 1. The molecule has 1 N–H and O–H groups in total. The van der Waals surface area contributed by atoms with Gasteiger partial charge in [0.05, 0.1) is 24.9 Å². The number of alkyl halides is 1. The Bertz CT molecular complexity index is 1770. The Morgan fingerprint density at radius 3 is 2.55 bits per heavy atom. The highest BCUT2D eigenvalue weighted by atomic mass is 19.1. The van der Waals surface area contributed by atoms with Crippen molar-refractivity contribution in [1.82, 2.24) is 14.9 Å². The number of benzene rings is 3. The summed E-state index contributed by atoms with van der Waals surface area (Å²) >= 11 is 0. The number of phenolic OH excluding ortho intramolecular Hbond substituents is 1. The minimum absolute atomic E-state index is 0.00162. The summed E-state index contributed by atoms with van der Waals surface area (Å²) in [5, 5.41) is 11.7. The number of hydrogen-bond donors (Lipinski definition) is 1. The normalized spacial score (nSPS) is 24.3. The van der Waals surface area contributed by atoms with Crippen molar-refractivity contribution >= 4 is 27.5 Å². The van der Waals surface area contributed by atoms with Gasteiger partial charge in [0, 0.05) is 42.0 Å². The smallest absolute Gasteiger partial charge is 0.318 e. The van der Waals surface area contributed by atoms with Crippen molar-refractivity contribution in [3.63, 3.8) is 0 Å². The molecule has 5 heterocycles. The number of halogens is 3. The van der Waals surface area contributed by atoms with Gasteiger partial charge in [-0.25, -0.2) is 13.2 Å². The second kappa shape index (κ2) is 11.5. The van der Waals surface area contributed by atoms with Crippen LogP contribution >= 0.6 is 0 Å². The molecule has 2 bridgehead atoms. The van der Waals surface area contributed by atoms with Crippen LogP contribution in [0.5, 0.6) is 11.8 Å². The van der Waals surface area contributed by atoms with Crippen molar-refractivity contribution in [3.05, 3.63) is 53.6 Å². The molecule has 0 aliphatic carbocycles. The molecule has 7 nitrogen and oxygen atoms in total. The Morgan fingerprint density at radius 1 is 1.02 bits per heavy atom. The van der Waals surface area contributed by atoms with E-state index in [4.69, 9.17) is 15.9 Å². The van der Waals surface area contributed by atoms with E-state index in [0.29, 0.717) is 47.7 Å². The first-order valence-corrected chi connectivity index (χ1v) is 15.1. The maximum Gasteiger partial charge on any atom is 0.318 e. The molecule has 0 saturated carbocycles. The van der Waals surface area contributed by atoms with E-state index in [1.807, 2.05) is 0 Å². The van der Waals surface area contributed by atoms with E-state index in [0.717, 1.165) is 25.8 Å². The number of hydrogen-bond acceptors (Lipinski definition) is 7. The van der Waals surface area contributed by atoms with Gasteiger partial charge < -0.3 is 19.5 Å². The van der Waals surface area contributed by atoms with Crippen LogP contribution < -0.4 is 9.64 Å². The van der Waals surface area contributed by atoms with Gasteiger partial charge in [-0.2, -0.15) is 9.97 Å². The van der Waals surface area contributed by atoms with Gasteiger partial charge in [-0.3, -0.25) is 4.90 Å². The Hall–Kier alpha value is -4.07. The monoisotopic (exact) mass is 602 g/mol. The molecule has 4 aliphatic rings. The first-order valence-electron chi connectivity index (χ1n) is 15.1. The van der Waals surface area contributed by atoms with Gasteiger partial charge in [-0.15, -0.1) is 6.42 Å². The molecule has 4 atom stereocenters. The van der Waals surface area contributed by atoms with Gasteiger partial charge in [-0.1, -0.05) is 18.1 Å². The van der Waals surface area contributed by atoms with E-state index < -0.39 is 17.8 Å². The lowest BCUT2D eigenvalue weighted by molar-refractivity contribution is 0.0303. The van der Waals surface area contributed by atoms with E-state index >= 15 is 4.39 Å². The zero-order chi connectivity index (χ0) is 30.5. The second-order valence-electron chi connectivity index (χ2n) is 12.0. The molecule has 3 aromatic carbocycles. The van der Waals surface area contributed by atoms with E-state index in [1.54, 1.807) is 12.1 Å². The average Bonchev–Trinajstić information content (AvgIpc) is 3.71. The van der Waals surface area contributed by atoms with E-state index in [1.165, 1.54) is 44.2 Å². The fourth-order valence-corrected chi connectivity index (χ4v) is 7.26. The fourth-order valence-electron chi connectivity index (χ4n) is 7.26. The van der Waals surface area contributed by atoms with Gasteiger partial charge >= 0.3 is 6.01 Å². The summed E-state index contributed by atoms with van der Waals surface area (Å²) < 4.78 is 54.6. The number of aromatic hydroxyl groups is 1. The molecule has 4 saturated heterocycles. The lowest BCUT2D eigenvalue weighted by Crippen LogP contribution is -2.43. The number of nitrogens with zero attached hydrogens (tertiary/aromatic N) is 4. The predicted octanol–water partition coefficient (Wildman–Crippen LogP) is 5.98. The van der Waals surface area contributed by atoms with Crippen LogP contribution in [0.25, 0.3) is 32.8 Å². The summed E-state index contributed by atoms with van der Waals surface area (Å²) in [5.41, 5.74) is 0.477. The highest BCUT2D eigenvalue weighted by Crippen LogP contribution is 2.40. The molecule has 0 amide bonds. The van der Waals surface area contributed by atoms with Crippen molar-refractivity contribution in [2.45, 2.75) is 56.5 Å². The maximum absolute atomic E-state index is 16.2. The van der Waals surface area contributed by atoms with Gasteiger partial charge in [0.15, 0.2) is 5.82 Å². The largest absolute Gasteiger partial charge is 0.508 e. The summed E-state index contributed by atoms with van der Waals surface area (Å²) in [5.74, 6) is 1.62. The number of fused-ring (bicyclic) bond motifs is 5. The average molecular weight is 603 g/mol. The molecule has 228 valence electrons. The molecular weight excluding hydrogens is 569 g/mol. The van der Waals surface area contributed by atoms with Gasteiger partial charge in [0.1, 0.15) is 29.1 Å². The number of aromatic nitrogens is 2. The highest BCUT2D eigenvalue weighted by molar-refractivity contribution is 6.04. The molecule has 8 rings (SSSR count). The Balaban J connectivity index is 0.000000296. The van der Waals surface area contributed by atoms with Crippen molar-refractivity contribution in [2.75, 3.05) is 38.2 Å². The third kappa shape index (κ3) is 5.08. The SMILES string of the molecule is C#Cc1c(F)ccc2cc(O)cc(-c3ccc4c(N5CC6CCC(C5)O6)nc(OC)nc4c3F)c12.FC1CC2CCCN2C1. The number of rotatable bonds is 3. The van der Waals surface area contributed by atoms with Crippen molar-refractivity contribution < 1.29 is 27.8 Å². The first kappa shape index (κ1) is 28.7. The van der Waals surface area contributed by atoms with Crippen LogP contribution in [0.15, 0.2) is 36.4 Å². The number of methoxy groups -OCH3 is 1. The van der Waals surface area contributed by atoms with Gasteiger partial charge in [0.2, 0.25) is 0 Å². The van der Waals surface area contributed by atoms with Crippen LogP contribution in [-0.4, -0.2) is 77.7 Å². The quantitative estimate of drug-likeness (QED) is 0.289. The molecule has 4 fully saturated rings. The van der Waals surface area contributed by atoms with Gasteiger partial charge in [-0.05, 0) is 73.9 Å². The Morgan fingerprint density at radius 2 is 1.82 bits per heavy atom.